The van der Waals surface area contributed by atoms with Gasteiger partial charge in [-0.25, -0.2) is 0 Å². The van der Waals surface area contributed by atoms with E-state index in [-0.39, 0.29) is 85.0 Å². The number of carboxylic acid groups (broad SMARTS) is 3. The Morgan fingerprint density at radius 2 is 0.900 bits per heavy atom. The number of hydrogen-bond donors (Lipinski definition) is 5. The van der Waals surface area contributed by atoms with Crippen molar-refractivity contribution in [3.05, 3.63) is 0 Å². The summed E-state index contributed by atoms with van der Waals surface area (Å²) < 4.78 is 31.0. The lowest BCUT2D eigenvalue weighted by molar-refractivity contribution is -0.140. The highest BCUT2D eigenvalue weighted by Crippen LogP contribution is 2.11. The molecular formula is C49H92N2O19. The van der Waals surface area contributed by atoms with Crippen LogP contribution in [0.5, 0.6) is 0 Å². The predicted octanol–water partition coefficient (Wildman–Crippen LogP) is 4.79. The fourth-order valence-electron chi connectivity index (χ4n) is 4.66. The van der Waals surface area contributed by atoms with Crippen molar-refractivity contribution in [2.45, 2.75) is 146 Å². The zero-order valence-electron chi connectivity index (χ0n) is 44.6. The zero-order chi connectivity index (χ0) is 55.1. The summed E-state index contributed by atoms with van der Waals surface area (Å²) in [7, 11) is 3.43. The molecule has 0 radical (unpaired) electrons. The molecule has 0 rings (SSSR count). The third-order valence-electron chi connectivity index (χ3n) is 8.57. The molecule has 3 unspecified atom stereocenters. The lowest BCUT2D eigenvalue weighted by atomic mass is 9.97. The first-order chi connectivity index (χ1) is 32.9. The molecule has 0 heterocycles. The molecule has 0 amide bonds. The number of carbonyl (C=O) groups is 10. The highest BCUT2D eigenvalue weighted by atomic mass is 16.5. The first-order valence-corrected chi connectivity index (χ1v) is 23.8. The minimum atomic E-state index is -0.909. The van der Waals surface area contributed by atoms with E-state index in [1.54, 1.807) is 7.05 Å². The molecular weight excluding hydrogens is 921 g/mol. The average molecular weight is 1010 g/mol. The van der Waals surface area contributed by atoms with E-state index in [0.29, 0.717) is 91.4 Å². The second-order valence-corrected chi connectivity index (χ2v) is 15.8. The molecule has 0 aromatic carbocycles. The third kappa shape index (κ3) is 78.0. The summed E-state index contributed by atoms with van der Waals surface area (Å²) >= 11 is 0. The molecule has 0 saturated carbocycles. The van der Waals surface area contributed by atoms with E-state index < -0.39 is 23.9 Å². The summed E-state index contributed by atoms with van der Waals surface area (Å²) in [4.78, 5) is 104. The molecule has 0 aromatic heterocycles. The van der Waals surface area contributed by atoms with Gasteiger partial charge in [0.25, 0.3) is 0 Å². The van der Waals surface area contributed by atoms with Crippen LogP contribution in [0.3, 0.4) is 0 Å². The molecule has 0 aromatic rings. The number of ether oxygens (including phenoxy) is 6. The van der Waals surface area contributed by atoms with Gasteiger partial charge in [-0.15, -0.1) is 0 Å². The fourth-order valence-corrected chi connectivity index (χ4v) is 4.66. The Morgan fingerprint density at radius 3 is 1.23 bits per heavy atom. The first-order valence-electron chi connectivity index (χ1n) is 23.8. The van der Waals surface area contributed by atoms with E-state index in [1.165, 1.54) is 48.5 Å². The molecule has 5 N–H and O–H groups in total. The van der Waals surface area contributed by atoms with Crippen LogP contribution in [0.2, 0.25) is 0 Å². The largest absolute Gasteiger partial charge is 0.481 e. The second-order valence-electron chi connectivity index (χ2n) is 15.8. The number of hydrogen-bond acceptors (Lipinski definition) is 18. The van der Waals surface area contributed by atoms with Gasteiger partial charge in [-0.05, 0) is 101 Å². The van der Waals surface area contributed by atoms with Crippen molar-refractivity contribution in [1.82, 2.24) is 10.6 Å². The van der Waals surface area contributed by atoms with Gasteiger partial charge >= 0.3 is 17.9 Å². The molecule has 70 heavy (non-hydrogen) atoms. The van der Waals surface area contributed by atoms with Crippen molar-refractivity contribution in [2.75, 3.05) is 99.9 Å². The molecule has 3 atom stereocenters. The molecule has 0 aliphatic heterocycles. The van der Waals surface area contributed by atoms with Gasteiger partial charge in [0.05, 0.1) is 52.7 Å². The number of Topliss-reactive ketones (excluding diaryl/α,β-unsaturated/α-hetero) is 7. The number of nitrogens with one attached hydrogen (secondary N) is 2. The van der Waals surface area contributed by atoms with Crippen molar-refractivity contribution in [3.63, 3.8) is 0 Å². The number of aliphatic carboxylic acids is 3. The van der Waals surface area contributed by atoms with Gasteiger partial charge in [-0.1, -0.05) is 27.2 Å². The molecule has 0 bridgehead atoms. The van der Waals surface area contributed by atoms with Crippen molar-refractivity contribution < 1.29 is 91.7 Å². The molecule has 21 heteroatoms. The summed E-state index contributed by atoms with van der Waals surface area (Å²) in [6, 6.07) is -0.598. The summed E-state index contributed by atoms with van der Waals surface area (Å²) in [5.41, 5.74) is 0. The standard InChI is InChI=1S/C15H29NO6.C9H18O3.C8H14O3.C7H13NO3.C7H12O3.C3H6O/c1-14(17)12-21-10-8-19-6-3-4-15(18)13-22-11-9-20-7-5-16-2;1-3-4-5-11-6-7-12-8-9(2)10;1-3-7(6(2)9)4-5-8(10)11;1-5(9)3-4-6(8-2)7(10)11;1-3-6(5(2)8)4-7(9)10;1-3(2)4/h16H,3-13H2,1-2H3;3-8H2,1-2H3;7H,3-5H2,1-2H3,(H,10,11);6,8H,3-4H2,1-2H3,(H,10,11);6H,3-4H2,1-2H3,(H,9,10);1-2H3. The molecule has 21 nitrogen and oxygen atoms in total. The number of unbranched alkanes of at least 4 members (excludes halogenated alkanes) is 1. The summed E-state index contributed by atoms with van der Waals surface area (Å²) in [6.07, 6.45) is 5.90. The van der Waals surface area contributed by atoms with Gasteiger partial charge in [-0.2, -0.15) is 0 Å². The van der Waals surface area contributed by atoms with Gasteiger partial charge in [0, 0.05) is 50.9 Å². The SMILES string of the molecule is CC(C)=O.CCC(CC(=O)O)C(C)=O.CCC(CCC(=O)O)C(C)=O.CCCCOCCOCC(C)=O.CNC(CCC(C)=O)C(=O)O.CNCCOCCOCC(=O)CCCOCCOCC(C)=O. The highest BCUT2D eigenvalue weighted by molar-refractivity contribution is 5.83. The van der Waals surface area contributed by atoms with Gasteiger partial charge in [0.15, 0.2) is 17.3 Å². The fraction of sp³-hybridized carbons (Fsp3) is 0.796. The molecule has 412 valence electrons. The van der Waals surface area contributed by atoms with Crippen molar-refractivity contribution in [1.29, 1.82) is 0 Å². The smallest absolute Gasteiger partial charge is 0.320 e. The van der Waals surface area contributed by atoms with Gasteiger partial charge in [-0.3, -0.25) is 38.4 Å². The number of carbonyl (C=O) groups excluding carboxylic acids is 7. The van der Waals surface area contributed by atoms with E-state index >= 15 is 0 Å². The zero-order valence-corrected chi connectivity index (χ0v) is 44.6. The Labute approximate surface area is 417 Å². The van der Waals surface area contributed by atoms with Crippen molar-refractivity contribution >= 4 is 58.4 Å². The van der Waals surface area contributed by atoms with Crippen LogP contribution >= 0.6 is 0 Å². The third-order valence-corrected chi connectivity index (χ3v) is 8.57. The molecule has 0 spiro atoms. The van der Waals surface area contributed by atoms with E-state index in [0.717, 1.165) is 32.4 Å². The maximum absolute atomic E-state index is 11.5. The summed E-state index contributed by atoms with van der Waals surface area (Å²) in [5.74, 6) is -2.64. The van der Waals surface area contributed by atoms with Crippen LogP contribution in [0, 0.1) is 11.8 Å². The predicted molar refractivity (Wildman–Crippen MR) is 264 cm³/mol. The lowest BCUT2D eigenvalue weighted by Gasteiger charge is -2.08. The second kappa shape index (κ2) is 59.1. The topological polar surface area (TPSA) is 311 Å². The maximum atomic E-state index is 11.5. The monoisotopic (exact) mass is 1010 g/mol. The van der Waals surface area contributed by atoms with E-state index in [2.05, 4.69) is 17.6 Å². The number of ketones is 7. The van der Waals surface area contributed by atoms with Gasteiger partial charge in [0.2, 0.25) is 0 Å². The van der Waals surface area contributed by atoms with Crippen LogP contribution in [0.25, 0.3) is 0 Å². The number of rotatable bonds is 39. The lowest BCUT2D eigenvalue weighted by Crippen LogP contribution is -2.34. The molecule has 0 fully saturated rings. The Balaban J connectivity index is -0.000000186. The van der Waals surface area contributed by atoms with E-state index in [9.17, 15) is 47.9 Å². The maximum Gasteiger partial charge on any atom is 0.320 e. The van der Waals surface area contributed by atoms with Crippen molar-refractivity contribution in [3.8, 4) is 0 Å². The summed E-state index contributed by atoms with van der Waals surface area (Å²) in [6.45, 7) is 22.3. The van der Waals surface area contributed by atoms with E-state index in [1.807, 2.05) is 20.9 Å². The van der Waals surface area contributed by atoms with Crippen LogP contribution in [0.4, 0.5) is 0 Å². The molecule has 0 aliphatic carbocycles. The molecule has 0 saturated heterocycles. The van der Waals surface area contributed by atoms with E-state index in [4.69, 9.17) is 43.7 Å². The van der Waals surface area contributed by atoms with Crippen molar-refractivity contribution in [2.24, 2.45) is 11.8 Å². The highest BCUT2D eigenvalue weighted by Gasteiger charge is 2.16. The Kier molecular flexibility index (Phi) is 65.2. The Hall–Kier alpha value is -4.22. The normalized spacial score (nSPS) is 11.3. The minimum Gasteiger partial charge on any atom is -0.481 e. The first kappa shape index (κ1) is 77.2. The number of carboxylic acids is 3. The van der Waals surface area contributed by atoms with Gasteiger partial charge in [0.1, 0.15) is 49.0 Å². The van der Waals surface area contributed by atoms with Crippen LogP contribution in [0.15, 0.2) is 0 Å². The minimum absolute atomic E-state index is 0.00183. The van der Waals surface area contributed by atoms with Crippen LogP contribution in [-0.2, 0) is 76.4 Å². The quantitative estimate of drug-likeness (QED) is 0.0517. The van der Waals surface area contributed by atoms with Crippen LogP contribution in [0.1, 0.15) is 140 Å². The molecule has 0 aliphatic rings. The number of likely N-dealkylation sites (N-methyl/N-ethyl adjacent to an activating group) is 2. The Bertz CT molecular complexity index is 1340. The van der Waals surface area contributed by atoms with Crippen LogP contribution in [-0.4, -0.2) is 180 Å². The Morgan fingerprint density at radius 1 is 0.471 bits per heavy atom. The van der Waals surface area contributed by atoms with Gasteiger partial charge < -0.3 is 64.0 Å². The average Bonchev–Trinajstić information content (AvgIpc) is 3.26. The summed E-state index contributed by atoms with van der Waals surface area (Å²) in [5, 5.41) is 30.7. The van der Waals surface area contributed by atoms with Crippen LogP contribution < -0.4 is 10.6 Å².